The van der Waals surface area contributed by atoms with E-state index in [4.69, 9.17) is 4.74 Å². The van der Waals surface area contributed by atoms with Crippen LogP contribution in [0.15, 0.2) is 59.8 Å². The van der Waals surface area contributed by atoms with Crippen LogP contribution in [-0.2, 0) is 13.0 Å². The van der Waals surface area contributed by atoms with Gasteiger partial charge < -0.3 is 9.30 Å². The van der Waals surface area contributed by atoms with Crippen LogP contribution in [0.5, 0.6) is 5.75 Å². The summed E-state index contributed by atoms with van der Waals surface area (Å²) in [6.07, 6.45) is 0.728. The van der Waals surface area contributed by atoms with E-state index in [0.29, 0.717) is 17.1 Å². The molecule has 3 rings (SSSR count). The first-order valence-electron chi connectivity index (χ1n) is 8.47. The third-order valence-corrected chi connectivity index (χ3v) is 5.01. The minimum Gasteiger partial charge on any atom is -0.497 e. The maximum absolute atomic E-state index is 12.4. The Balaban J connectivity index is 1.69. The second-order valence-corrected chi connectivity index (χ2v) is 6.69. The zero-order valence-corrected chi connectivity index (χ0v) is 15.7. The fraction of sp³-hybridized carbons (Fsp3) is 0.250. The molecular weight excluding hydrogens is 346 g/mol. The molecular formula is C20H21N3O2S. The van der Waals surface area contributed by atoms with Gasteiger partial charge in [0.25, 0.3) is 0 Å². The molecule has 6 heteroatoms. The Kier molecular flexibility index (Phi) is 6.07. The lowest BCUT2D eigenvalue weighted by Gasteiger charge is -2.07. The van der Waals surface area contributed by atoms with Crippen molar-refractivity contribution in [2.75, 3.05) is 12.9 Å². The third kappa shape index (κ3) is 4.32. The van der Waals surface area contributed by atoms with Crippen molar-refractivity contribution in [3.63, 3.8) is 0 Å². The molecule has 0 saturated heterocycles. The average molecular weight is 367 g/mol. The molecule has 26 heavy (non-hydrogen) atoms. The molecule has 0 unspecified atom stereocenters. The van der Waals surface area contributed by atoms with Crippen LogP contribution in [0.25, 0.3) is 0 Å². The first-order chi connectivity index (χ1) is 12.7. The monoisotopic (exact) mass is 367 g/mol. The summed E-state index contributed by atoms with van der Waals surface area (Å²) >= 11 is 1.42. The number of ether oxygens (including phenoxy) is 1. The molecule has 3 aromatic rings. The first-order valence-corrected chi connectivity index (χ1v) is 9.46. The van der Waals surface area contributed by atoms with Crippen molar-refractivity contribution in [2.45, 2.75) is 25.0 Å². The smallest absolute Gasteiger partial charge is 0.191 e. The van der Waals surface area contributed by atoms with Gasteiger partial charge in [-0.2, -0.15) is 0 Å². The van der Waals surface area contributed by atoms with Crippen molar-refractivity contribution in [2.24, 2.45) is 0 Å². The molecule has 134 valence electrons. The molecule has 5 nitrogen and oxygen atoms in total. The van der Waals surface area contributed by atoms with E-state index >= 15 is 0 Å². The van der Waals surface area contributed by atoms with E-state index in [1.165, 1.54) is 17.3 Å². The predicted octanol–water partition coefficient (Wildman–Crippen LogP) is 3.87. The van der Waals surface area contributed by atoms with Crippen LogP contribution >= 0.6 is 11.8 Å². The molecule has 0 radical (unpaired) electrons. The number of thioether (sulfide) groups is 1. The lowest BCUT2D eigenvalue weighted by molar-refractivity contribution is 0.102. The van der Waals surface area contributed by atoms with Crippen LogP contribution in [0.2, 0.25) is 0 Å². The van der Waals surface area contributed by atoms with Gasteiger partial charge in [0.2, 0.25) is 0 Å². The van der Waals surface area contributed by atoms with E-state index in [9.17, 15) is 4.79 Å². The highest BCUT2D eigenvalue weighted by Gasteiger charge is 2.14. The molecule has 2 aromatic carbocycles. The van der Waals surface area contributed by atoms with Crippen LogP contribution in [-0.4, -0.2) is 33.4 Å². The number of hydrogen-bond acceptors (Lipinski definition) is 5. The molecule has 1 aromatic heterocycles. The quantitative estimate of drug-likeness (QED) is 0.447. The first kappa shape index (κ1) is 18.2. The minimum absolute atomic E-state index is 0.0455. The second-order valence-electron chi connectivity index (χ2n) is 5.75. The molecule has 0 aliphatic heterocycles. The Labute approximate surface area is 157 Å². The van der Waals surface area contributed by atoms with Gasteiger partial charge in [0.05, 0.1) is 12.9 Å². The van der Waals surface area contributed by atoms with Crippen molar-refractivity contribution in [1.29, 1.82) is 0 Å². The fourth-order valence-electron chi connectivity index (χ4n) is 2.66. The number of benzene rings is 2. The molecule has 0 saturated carbocycles. The number of carbonyl (C=O) groups excluding carboxylic acids is 1. The fourth-order valence-corrected chi connectivity index (χ4v) is 3.58. The van der Waals surface area contributed by atoms with Gasteiger partial charge in [-0.1, -0.05) is 54.2 Å². The SMILES string of the molecule is CCn1c(Cc2ccccc2)nnc1SCC(=O)c1cccc(OC)c1. The number of hydrogen-bond donors (Lipinski definition) is 0. The maximum Gasteiger partial charge on any atom is 0.191 e. The number of rotatable bonds is 8. The van der Waals surface area contributed by atoms with E-state index in [2.05, 4.69) is 33.8 Å². The zero-order valence-electron chi connectivity index (χ0n) is 14.9. The topological polar surface area (TPSA) is 57.0 Å². The van der Waals surface area contributed by atoms with Crippen molar-refractivity contribution in [1.82, 2.24) is 14.8 Å². The van der Waals surface area contributed by atoms with Crippen LogP contribution in [0.1, 0.15) is 28.7 Å². The normalized spacial score (nSPS) is 10.7. The molecule has 0 fully saturated rings. The van der Waals surface area contributed by atoms with Gasteiger partial charge in [-0.15, -0.1) is 10.2 Å². The number of methoxy groups -OCH3 is 1. The highest BCUT2D eigenvalue weighted by atomic mass is 32.2. The van der Waals surface area contributed by atoms with Crippen LogP contribution in [0, 0.1) is 0 Å². The second kappa shape index (κ2) is 8.67. The summed E-state index contributed by atoms with van der Waals surface area (Å²) in [6.45, 7) is 2.83. The minimum atomic E-state index is 0.0455. The van der Waals surface area contributed by atoms with Gasteiger partial charge in [-0.25, -0.2) is 0 Å². The van der Waals surface area contributed by atoms with E-state index in [-0.39, 0.29) is 5.78 Å². The number of aromatic nitrogens is 3. The predicted molar refractivity (Wildman–Crippen MR) is 103 cm³/mol. The van der Waals surface area contributed by atoms with Gasteiger partial charge in [0.1, 0.15) is 11.6 Å². The molecule has 0 atom stereocenters. The van der Waals surface area contributed by atoms with E-state index < -0.39 is 0 Å². The highest BCUT2D eigenvalue weighted by molar-refractivity contribution is 7.99. The largest absolute Gasteiger partial charge is 0.497 e. The van der Waals surface area contributed by atoms with Crippen molar-refractivity contribution in [3.8, 4) is 5.75 Å². The van der Waals surface area contributed by atoms with E-state index in [1.54, 1.807) is 19.2 Å². The Morgan fingerprint density at radius 1 is 1.12 bits per heavy atom. The summed E-state index contributed by atoms with van der Waals surface area (Å²) in [5, 5.41) is 9.38. The number of nitrogens with zero attached hydrogens (tertiary/aromatic N) is 3. The van der Waals surface area contributed by atoms with Gasteiger partial charge >= 0.3 is 0 Å². The zero-order chi connectivity index (χ0) is 18.4. The molecule has 0 bridgehead atoms. The van der Waals surface area contributed by atoms with Crippen LogP contribution < -0.4 is 4.74 Å². The summed E-state index contributed by atoms with van der Waals surface area (Å²) in [7, 11) is 1.59. The van der Waals surface area contributed by atoms with Crippen molar-refractivity contribution >= 4 is 17.5 Å². The highest BCUT2D eigenvalue weighted by Crippen LogP contribution is 2.21. The van der Waals surface area contributed by atoms with Crippen molar-refractivity contribution in [3.05, 3.63) is 71.5 Å². The molecule has 0 amide bonds. The van der Waals surface area contributed by atoms with Gasteiger partial charge in [0, 0.05) is 18.5 Å². The molecule has 1 heterocycles. The summed E-state index contributed by atoms with van der Waals surface area (Å²) in [5.41, 5.74) is 1.84. The standard InChI is InChI=1S/C20H21N3O2S/c1-3-23-19(12-15-8-5-4-6-9-15)21-22-20(23)26-14-18(24)16-10-7-11-17(13-16)25-2/h4-11,13H,3,12,14H2,1-2H3. The Hall–Kier alpha value is -2.60. The van der Waals surface area contributed by atoms with Gasteiger partial charge in [0.15, 0.2) is 10.9 Å². The Morgan fingerprint density at radius 2 is 1.92 bits per heavy atom. The molecule has 0 aliphatic rings. The number of ketones is 1. The summed E-state index contributed by atoms with van der Waals surface area (Å²) in [4.78, 5) is 12.4. The molecule has 0 spiro atoms. The van der Waals surface area contributed by atoms with Crippen LogP contribution in [0.4, 0.5) is 0 Å². The van der Waals surface area contributed by atoms with Crippen molar-refractivity contribution < 1.29 is 9.53 Å². The third-order valence-electron chi connectivity index (χ3n) is 4.04. The number of carbonyl (C=O) groups is 1. The summed E-state index contributed by atoms with van der Waals surface area (Å²) in [5.74, 6) is 1.96. The van der Waals surface area contributed by atoms with Gasteiger partial charge in [-0.3, -0.25) is 4.79 Å². The molecule has 0 N–H and O–H groups in total. The lowest BCUT2D eigenvalue weighted by Crippen LogP contribution is -2.07. The number of Topliss-reactive ketones (excluding diaryl/α,β-unsaturated/α-hetero) is 1. The Bertz CT molecular complexity index is 878. The lowest BCUT2D eigenvalue weighted by atomic mass is 10.1. The maximum atomic E-state index is 12.4. The average Bonchev–Trinajstić information content (AvgIpc) is 3.08. The van der Waals surface area contributed by atoms with Crippen LogP contribution in [0.3, 0.4) is 0 Å². The van der Waals surface area contributed by atoms with E-state index in [0.717, 1.165) is 23.9 Å². The van der Waals surface area contributed by atoms with Gasteiger partial charge in [-0.05, 0) is 24.6 Å². The molecule has 0 aliphatic carbocycles. The Morgan fingerprint density at radius 3 is 2.65 bits per heavy atom. The summed E-state index contributed by atoms with van der Waals surface area (Å²) in [6, 6.07) is 17.4. The van der Waals surface area contributed by atoms with E-state index in [1.807, 2.05) is 30.3 Å². The summed E-state index contributed by atoms with van der Waals surface area (Å²) < 4.78 is 7.24.